The molecule has 2 aromatic rings. The van der Waals surface area contributed by atoms with E-state index in [4.69, 9.17) is 9.47 Å². The van der Waals surface area contributed by atoms with Gasteiger partial charge >= 0.3 is 11.9 Å². The Labute approximate surface area is 131 Å². The lowest BCUT2D eigenvalue weighted by Crippen LogP contribution is -2.29. The molecule has 0 aromatic heterocycles. The zero-order valence-corrected chi connectivity index (χ0v) is 13.6. The predicted octanol–water partition coefficient (Wildman–Crippen LogP) is 3.46. The lowest BCUT2D eigenvalue weighted by Gasteiger charge is -2.16. The Morgan fingerprint density at radius 3 is 1.95 bits per heavy atom. The maximum Gasteiger partial charge on any atom is 0.343 e. The van der Waals surface area contributed by atoms with Crippen LogP contribution in [-0.4, -0.2) is 17.1 Å². The van der Waals surface area contributed by atoms with Gasteiger partial charge in [-0.2, -0.15) is 0 Å². The first-order chi connectivity index (χ1) is 10.4. The number of benzene rings is 2. The standard InChI is InChI=1S/C17H17O4P/c1-17(2,22)16(19)21-14-10-8-12(9-11-14)15(18)20-13-6-4-3-5-7-13/h3-11H,22H2,1-2H3. The third-order valence-electron chi connectivity index (χ3n) is 2.78. The second-order valence-electron chi connectivity index (χ2n) is 5.34. The van der Waals surface area contributed by atoms with Crippen molar-refractivity contribution in [2.75, 3.05) is 0 Å². The normalized spacial score (nSPS) is 10.9. The Hall–Kier alpha value is -2.19. The summed E-state index contributed by atoms with van der Waals surface area (Å²) in [5.41, 5.74) is 0.383. The van der Waals surface area contributed by atoms with Gasteiger partial charge in [0.2, 0.25) is 0 Å². The first-order valence-electron chi connectivity index (χ1n) is 6.75. The second-order valence-corrected chi connectivity index (χ2v) is 6.78. The number of para-hydroxylation sites is 1. The van der Waals surface area contributed by atoms with Gasteiger partial charge in [-0.25, -0.2) is 4.79 Å². The maximum absolute atomic E-state index is 12.0. The predicted molar refractivity (Wildman–Crippen MR) is 87.3 cm³/mol. The molecule has 0 aliphatic rings. The molecule has 0 radical (unpaired) electrons. The van der Waals surface area contributed by atoms with Gasteiger partial charge in [0.25, 0.3) is 0 Å². The van der Waals surface area contributed by atoms with Crippen LogP contribution in [0.25, 0.3) is 0 Å². The third-order valence-corrected chi connectivity index (χ3v) is 3.02. The quantitative estimate of drug-likeness (QED) is 0.492. The molecule has 2 rings (SSSR count). The molecule has 0 bridgehead atoms. The molecule has 5 heteroatoms. The van der Waals surface area contributed by atoms with Gasteiger partial charge in [0.15, 0.2) is 0 Å². The molecule has 1 atom stereocenters. The van der Waals surface area contributed by atoms with Gasteiger partial charge in [-0.05, 0) is 50.2 Å². The summed E-state index contributed by atoms with van der Waals surface area (Å²) < 4.78 is 10.4. The minimum atomic E-state index is -0.662. The van der Waals surface area contributed by atoms with Crippen molar-refractivity contribution in [2.24, 2.45) is 0 Å². The highest BCUT2D eigenvalue weighted by Gasteiger charge is 2.24. The lowest BCUT2D eigenvalue weighted by molar-refractivity contribution is -0.136. The first kappa shape index (κ1) is 16.2. The Morgan fingerprint density at radius 1 is 0.864 bits per heavy atom. The van der Waals surface area contributed by atoms with Crippen LogP contribution < -0.4 is 9.47 Å². The molecule has 0 spiro atoms. The summed E-state index contributed by atoms with van der Waals surface area (Å²) in [5, 5.41) is -0.662. The zero-order valence-electron chi connectivity index (χ0n) is 12.4. The monoisotopic (exact) mass is 316 g/mol. The zero-order chi connectivity index (χ0) is 16.2. The van der Waals surface area contributed by atoms with Crippen molar-refractivity contribution in [3.05, 3.63) is 60.2 Å². The molecule has 0 heterocycles. The molecule has 0 N–H and O–H groups in total. The van der Waals surface area contributed by atoms with Crippen LogP contribution in [-0.2, 0) is 4.79 Å². The van der Waals surface area contributed by atoms with E-state index >= 15 is 0 Å². The average Bonchev–Trinajstić information content (AvgIpc) is 2.48. The largest absolute Gasteiger partial charge is 0.426 e. The number of rotatable bonds is 4. The van der Waals surface area contributed by atoms with Gasteiger partial charge in [0.1, 0.15) is 11.5 Å². The second kappa shape index (κ2) is 6.71. The highest BCUT2D eigenvalue weighted by molar-refractivity contribution is 7.20. The van der Waals surface area contributed by atoms with Gasteiger partial charge in [-0.3, -0.25) is 4.79 Å². The van der Waals surface area contributed by atoms with Crippen LogP contribution in [0.3, 0.4) is 0 Å². The number of ether oxygens (including phenoxy) is 2. The number of carbonyl (C=O) groups excluding carboxylic acids is 2. The van der Waals surface area contributed by atoms with Crippen LogP contribution in [0.1, 0.15) is 24.2 Å². The van der Waals surface area contributed by atoms with Gasteiger partial charge in [-0.1, -0.05) is 18.2 Å². The van der Waals surface area contributed by atoms with Crippen molar-refractivity contribution in [1.82, 2.24) is 0 Å². The highest BCUT2D eigenvalue weighted by atomic mass is 31.0. The summed E-state index contributed by atoms with van der Waals surface area (Å²) >= 11 is 0. The SMILES string of the molecule is CC(C)(P)C(=O)Oc1ccc(C(=O)Oc2ccccc2)cc1. The summed E-state index contributed by atoms with van der Waals surface area (Å²) in [7, 11) is 2.42. The van der Waals surface area contributed by atoms with Crippen molar-refractivity contribution >= 4 is 21.2 Å². The summed E-state index contributed by atoms with van der Waals surface area (Å²) in [6.07, 6.45) is 0. The molecular weight excluding hydrogens is 299 g/mol. The minimum absolute atomic E-state index is 0.364. The molecule has 0 fully saturated rings. The molecular formula is C17H17O4P. The van der Waals surface area contributed by atoms with Crippen LogP contribution in [0.2, 0.25) is 0 Å². The van der Waals surface area contributed by atoms with E-state index in [0.29, 0.717) is 17.1 Å². The van der Waals surface area contributed by atoms with Crippen molar-refractivity contribution < 1.29 is 19.1 Å². The van der Waals surface area contributed by atoms with Crippen LogP contribution >= 0.6 is 9.24 Å². The number of hydrogen-bond acceptors (Lipinski definition) is 4. The minimum Gasteiger partial charge on any atom is -0.426 e. The number of carbonyl (C=O) groups is 2. The van der Waals surface area contributed by atoms with Gasteiger partial charge in [-0.15, -0.1) is 9.24 Å². The van der Waals surface area contributed by atoms with E-state index in [0.717, 1.165) is 0 Å². The molecule has 2 aromatic carbocycles. The van der Waals surface area contributed by atoms with Crippen LogP contribution in [0, 0.1) is 0 Å². The average molecular weight is 316 g/mol. The summed E-state index contributed by atoms with van der Waals surface area (Å²) in [5.74, 6) is 0.0390. The summed E-state index contributed by atoms with van der Waals surface area (Å²) in [6, 6.07) is 15.1. The van der Waals surface area contributed by atoms with Crippen LogP contribution in [0.5, 0.6) is 11.5 Å². The van der Waals surface area contributed by atoms with E-state index in [2.05, 4.69) is 9.24 Å². The van der Waals surface area contributed by atoms with Gasteiger partial charge < -0.3 is 9.47 Å². The Kier molecular flexibility index (Phi) is 4.94. The Morgan fingerprint density at radius 2 is 1.41 bits per heavy atom. The van der Waals surface area contributed by atoms with E-state index in [-0.39, 0.29) is 5.97 Å². The van der Waals surface area contributed by atoms with Gasteiger partial charge in [0, 0.05) is 0 Å². The number of hydrogen-bond donors (Lipinski definition) is 0. The van der Waals surface area contributed by atoms with E-state index in [1.54, 1.807) is 62.4 Å². The molecule has 114 valence electrons. The molecule has 0 saturated heterocycles. The fraction of sp³-hybridized carbons (Fsp3) is 0.176. The van der Waals surface area contributed by atoms with Crippen molar-refractivity contribution in [1.29, 1.82) is 0 Å². The summed E-state index contributed by atoms with van der Waals surface area (Å²) in [6.45, 7) is 3.48. The summed E-state index contributed by atoms with van der Waals surface area (Å²) in [4.78, 5) is 23.7. The van der Waals surface area contributed by atoms with Crippen molar-refractivity contribution in [3.8, 4) is 11.5 Å². The maximum atomic E-state index is 12.0. The Bertz CT molecular complexity index is 657. The molecule has 1 unspecified atom stereocenters. The van der Waals surface area contributed by atoms with Crippen LogP contribution in [0.4, 0.5) is 0 Å². The van der Waals surface area contributed by atoms with Crippen molar-refractivity contribution in [3.63, 3.8) is 0 Å². The molecule has 0 aliphatic heterocycles. The smallest absolute Gasteiger partial charge is 0.343 e. The molecule has 0 amide bonds. The highest BCUT2D eigenvalue weighted by Crippen LogP contribution is 2.21. The molecule has 0 aliphatic carbocycles. The van der Waals surface area contributed by atoms with Gasteiger partial charge in [0.05, 0.1) is 10.7 Å². The van der Waals surface area contributed by atoms with E-state index in [1.807, 2.05) is 6.07 Å². The van der Waals surface area contributed by atoms with E-state index in [1.165, 1.54) is 0 Å². The third kappa shape index (κ3) is 4.40. The lowest BCUT2D eigenvalue weighted by atomic mass is 10.2. The number of esters is 2. The molecule has 0 saturated carbocycles. The van der Waals surface area contributed by atoms with Crippen molar-refractivity contribution in [2.45, 2.75) is 19.0 Å². The Balaban J connectivity index is 2.03. The first-order valence-corrected chi connectivity index (χ1v) is 7.32. The topological polar surface area (TPSA) is 52.6 Å². The van der Waals surface area contributed by atoms with E-state index in [9.17, 15) is 9.59 Å². The fourth-order valence-corrected chi connectivity index (χ4v) is 1.61. The van der Waals surface area contributed by atoms with E-state index < -0.39 is 11.1 Å². The van der Waals surface area contributed by atoms with Crippen LogP contribution in [0.15, 0.2) is 54.6 Å². The molecule has 22 heavy (non-hydrogen) atoms. The fourth-order valence-electron chi connectivity index (χ4n) is 1.55. The molecule has 4 nitrogen and oxygen atoms in total.